The maximum absolute atomic E-state index is 12.2. The van der Waals surface area contributed by atoms with E-state index in [1.165, 1.54) is 30.3 Å². The highest BCUT2D eigenvalue weighted by Gasteiger charge is 2.18. The minimum Gasteiger partial charge on any atom is -0.505 e. The Bertz CT molecular complexity index is 3380. The third-order valence-corrected chi connectivity index (χ3v) is 11.5. The van der Waals surface area contributed by atoms with Gasteiger partial charge in [0.2, 0.25) is 0 Å². The summed E-state index contributed by atoms with van der Waals surface area (Å²) in [7, 11) is -7.69. The highest BCUT2D eigenvalue weighted by molar-refractivity contribution is 7.86. The number of hydrogen-bond acceptors (Lipinski definition) is 14. The molecule has 0 radical (unpaired) electrons. The summed E-state index contributed by atoms with van der Waals surface area (Å²) in [5.41, 5.74) is 3.25. The van der Waals surface area contributed by atoms with Gasteiger partial charge in [-0.3, -0.25) is 9.11 Å². The molecule has 18 heteroatoms. The van der Waals surface area contributed by atoms with Crippen molar-refractivity contribution >= 4 is 98.1 Å². The van der Waals surface area contributed by atoms with E-state index < -0.39 is 31.7 Å². The van der Waals surface area contributed by atoms with Gasteiger partial charge in [-0.05, 0) is 108 Å². The maximum Gasteiger partial charge on any atom is 0.296 e. The van der Waals surface area contributed by atoms with Crippen molar-refractivity contribution in [2.75, 3.05) is 12.4 Å². The van der Waals surface area contributed by atoms with Crippen LogP contribution in [-0.2, 0) is 26.8 Å². The number of benzene rings is 8. The first kappa shape index (κ1) is 41.3. The maximum atomic E-state index is 12.2. The second-order valence-electron chi connectivity index (χ2n) is 13.7. The molecule has 62 heavy (non-hydrogen) atoms. The van der Waals surface area contributed by atoms with Crippen LogP contribution in [0.3, 0.4) is 0 Å². The summed E-state index contributed by atoms with van der Waals surface area (Å²) in [6.45, 7) is -0.442. The number of nitrogens with zero attached hydrogens (tertiary/aromatic N) is 6. The highest BCUT2D eigenvalue weighted by atomic mass is 32.2. The van der Waals surface area contributed by atoms with Crippen molar-refractivity contribution in [3.8, 4) is 11.5 Å². The van der Waals surface area contributed by atoms with Crippen molar-refractivity contribution in [1.29, 1.82) is 0 Å². The van der Waals surface area contributed by atoms with Crippen LogP contribution in [0, 0.1) is 0 Å². The number of anilines is 2. The molecule has 0 aliphatic carbocycles. The summed E-state index contributed by atoms with van der Waals surface area (Å²) in [5.74, 6) is 0.618. The number of hydrogen-bond donors (Lipinski definition) is 5. The fraction of sp³-hybridized carbons (Fsp3) is 0.0455. The van der Waals surface area contributed by atoms with Crippen LogP contribution in [0.1, 0.15) is 5.56 Å². The molecule has 0 heterocycles. The molecule has 0 bridgehead atoms. The van der Waals surface area contributed by atoms with Crippen LogP contribution < -0.4 is 10.1 Å². The smallest absolute Gasteiger partial charge is 0.296 e. The number of azo groups is 3. The van der Waals surface area contributed by atoms with Crippen molar-refractivity contribution in [1.82, 2.24) is 0 Å². The lowest BCUT2D eigenvalue weighted by atomic mass is 10.1. The van der Waals surface area contributed by atoms with E-state index in [0.29, 0.717) is 38.6 Å². The molecular weight excluding hydrogens is 835 g/mol. The molecular formula is C44H33N7O9S2. The third kappa shape index (κ3) is 8.71. The van der Waals surface area contributed by atoms with Crippen molar-refractivity contribution in [2.24, 2.45) is 30.7 Å². The number of fused-ring (bicyclic) bond motifs is 3. The Kier molecular flexibility index (Phi) is 11.2. The van der Waals surface area contributed by atoms with Crippen LogP contribution >= 0.6 is 0 Å². The summed E-state index contributed by atoms with van der Waals surface area (Å²) in [5, 5.41) is 53.2. The molecule has 0 spiro atoms. The lowest BCUT2D eigenvalue weighted by Gasteiger charge is -2.10. The molecule has 5 N–H and O–H groups in total. The molecule has 0 aliphatic rings. The molecule has 0 saturated heterocycles. The van der Waals surface area contributed by atoms with E-state index in [1.54, 1.807) is 73.8 Å². The molecule has 0 saturated carbocycles. The van der Waals surface area contributed by atoms with Crippen molar-refractivity contribution in [3.63, 3.8) is 0 Å². The molecule has 8 aromatic rings. The number of ether oxygens (including phenoxy) is 1. The number of phenolic OH excluding ortho intramolecular Hbond substituents is 1. The molecule has 0 aromatic heterocycles. The monoisotopic (exact) mass is 867 g/mol. The van der Waals surface area contributed by atoms with Gasteiger partial charge in [0.25, 0.3) is 20.2 Å². The van der Waals surface area contributed by atoms with Gasteiger partial charge in [-0.25, -0.2) is 0 Å². The minimum atomic E-state index is -4.68. The van der Waals surface area contributed by atoms with Crippen LogP contribution in [-0.4, -0.2) is 43.3 Å². The summed E-state index contributed by atoms with van der Waals surface area (Å²) < 4.78 is 73.3. The molecule has 0 unspecified atom stereocenters. The van der Waals surface area contributed by atoms with E-state index in [9.17, 15) is 36.2 Å². The van der Waals surface area contributed by atoms with Gasteiger partial charge in [-0.15, -0.1) is 30.7 Å². The molecule has 0 amide bonds. The lowest BCUT2D eigenvalue weighted by Crippen LogP contribution is -1.99. The van der Waals surface area contributed by atoms with Gasteiger partial charge in [-0.2, -0.15) is 16.8 Å². The van der Waals surface area contributed by atoms with E-state index in [0.717, 1.165) is 28.6 Å². The van der Waals surface area contributed by atoms with Gasteiger partial charge < -0.3 is 20.3 Å². The second-order valence-corrected chi connectivity index (χ2v) is 16.5. The number of methoxy groups -OCH3 is 1. The SMILES string of the molecule is COc1ccc(Nc2ccc3c(O)c(N=Nc4ccc(N=Nc5ccc(N=Nc6ccc(CO)cc6S(=O)(=O)O)c6ccccc56)c5ccc(S(=O)(=O)O)cc45)ccc3c2)cc1. The topological polar surface area (TPSA) is 245 Å². The van der Waals surface area contributed by atoms with Crippen LogP contribution in [0.2, 0.25) is 0 Å². The quantitative estimate of drug-likeness (QED) is 0.0574. The first-order chi connectivity index (χ1) is 29.8. The fourth-order valence-electron chi connectivity index (χ4n) is 6.64. The van der Waals surface area contributed by atoms with E-state index in [-0.39, 0.29) is 38.7 Å². The Morgan fingerprint density at radius 1 is 0.516 bits per heavy atom. The molecule has 16 nitrogen and oxygen atoms in total. The number of aromatic hydroxyl groups is 1. The molecule has 0 fully saturated rings. The van der Waals surface area contributed by atoms with Gasteiger partial charge in [0.05, 0.1) is 41.4 Å². The average molecular weight is 868 g/mol. The Balaban J connectivity index is 1.11. The van der Waals surface area contributed by atoms with Crippen molar-refractivity contribution in [3.05, 3.63) is 145 Å². The minimum absolute atomic E-state index is 0.116. The number of rotatable bonds is 12. The second kappa shape index (κ2) is 16.9. The van der Waals surface area contributed by atoms with Gasteiger partial charge in [0.15, 0.2) is 5.75 Å². The zero-order valence-corrected chi connectivity index (χ0v) is 33.9. The van der Waals surface area contributed by atoms with Gasteiger partial charge in [0, 0.05) is 38.3 Å². The first-order valence-electron chi connectivity index (χ1n) is 18.5. The summed E-state index contributed by atoms with van der Waals surface area (Å²) in [6, 6.07) is 37.6. The Morgan fingerprint density at radius 2 is 1.03 bits per heavy atom. The number of aliphatic hydroxyl groups is 1. The van der Waals surface area contributed by atoms with E-state index >= 15 is 0 Å². The van der Waals surface area contributed by atoms with Crippen LogP contribution in [0.4, 0.5) is 45.5 Å². The number of phenols is 1. The number of nitrogens with one attached hydrogen (secondary N) is 1. The van der Waals surface area contributed by atoms with E-state index in [4.69, 9.17) is 4.74 Å². The predicted octanol–water partition coefficient (Wildman–Crippen LogP) is 11.8. The molecule has 0 aliphatic heterocycles. The molecule has 0 atom stereocenters. The fourth-order valence-corrected chi connectivity index (χ4v) is 7.82. The number of aliphatic hydroxyl groups excluding tert-OH is 1. The standard InChI is InChI=1S/C44H33N7O9S2/c1-60-30-11-8-28(9-12-30)45-29-10-14-32-27(23-29)7-17-42(44(32)53)51-49-40-21-20-39(35-15-13-31(24-36(35)40)61(54,55)56)47-46-37-18-19-38(34-5-3-2-4-33(34)37)48-50-41-16-6-26(25-52)22-43(41)62(57,58)59/h2-24,45,52-53H,25H2,1H3,(H,54,55,56)(H,57,58,59). The summed E-state index contributed by atoms with van der Waals surface area (Å²) in [4.78, 5) is -0.890. The Labute approximate surface area is 353 Å². The average Bonchev–Trinajstić information content (AvgIpc) is 3.27. The zero-order chi connectivity index (χ0) is 43.6. The summed E-state index contributed by atoms with van der Waals surface area (Å²) >= 11 is 0. The molecule has 8 aromatic carbocycles. The molecule has 8 rings (SSSR count). The first-order valence-corrected chi connectivity index (χ1v) is 21.4. The predicted molar refractivity (Wildman–Crippen MR) is 234 cm³/mol. The zero-order valence-electron chi connectivity index (χ0n) is 32.3. The van der Waals surface area contributed by atoms with E-state index in [1.807, 2.05) is 36.4 Å². The van der Waals surface area contributed by atoms with Crippen LogP contribution in [0.5, 0.6) is 11.5 Å². The Hall–Kier alpha value is -7.48. The van der Waals surface area contributed by atoms with Gasteiger partial charge in [-0.1, -0.05) is 42.5 Å². The largest absolute Gasteiger partial charge is 0.505 e. The molecule has 310 valence electrons. The highest BCUT2D eigenvalue weighted by Crippen LogP contribution is 2.41. The van der Waals surface area contributed by atoms with E-state index in [2.05, 4.69) is 36.0 Å². The van der Waals surface area contributed by atoms with Gasteiger partial charge in [0.1, 0.15) is 22.0 Å². The Morgan fingerprint density at radius 3 is 1.61 bits per heavy atom. The van der Waals surface area contributed by atoms with Crippen LogP contribution in [0.15, 0.2) is 180 Å². The summed E-state index contributed by atoms with van der Waals surface area (Å²) in [6.07, 6.45) is 0. The normalized spacial score (nSPS) is 12.4. The van der Waals surface area contributed by atoms with Crippen molar-refractivity contribution < 1.29 is 40.9 Å². The van der Waals surface area contributed by atoms with Crippen molar-refractivity contribution in [2.45, 2.75) is 16.4 Å². The third-order valence-electron chi connectivity index (χ3n) is 9.75. The lowest BCUT2D eigenvalue weighted by molar-refractivity contribution is 0.281. The van der Waals surface area contributed by atoms with Crippen LogP contribution in [0.25, 0.3) is 32.3 Å². The van der Waals surface area contributed by atoms with Gasteiger partial charge >= 0.3 is 0 Å².